The van der Waals surface area contributed by atoms with E-state index < -0.39 is 18.0 Å². The van der Waals surface area contributed by atoms with Crippen molar-refractivity contribution in [1.82, 2.24) is 9.88 Å². The molecule has 0 bridgehead atoms. The van der Waals surface area contributed by atoms with E-state index in [0.717, 1.165) is 28.2 Å². The zero-order valence-electron chi connectivity index (χ0n) is 19.8. The number of urea groups is 1. The van der Waals surface area contributed by atoms with Crippen LogP contribution < -0.4 is 15.0 Å². The second kappa shape index (κ2) is 10.8. The van der Waals surface area contributed by atoms with Crippen molar-refractivity contribution in [1.29, 1.82) is 0 Å². The number of ether oxygens (including phenoxy) is 1. The smallest absolute Gasteiger partial charge is 0.332 e. The molecule has 1 aliphatic heterocycles. The predicted molar refractivity (Wildman–Crippen MR) is 133 cm³/mol. The third kappa shape index (κ3) is 5.66. The van der Waals surface area contributed by atoms with Gasteiger partial charge in [0, 0.05) is 24.6 Å². The topological polar surface area (TPSA) is 91.8 Å². The number of anilines is 2. The number of hydrogen-bond donors (Lipinski definition) is 1. The Labute approximate surface area is 204 Å². The van der Waals surface area contributed by atoms with Crippen molar-refractivity contribution in [2.45, 2.75) is 39.3 Å². The fraction of sp³-hybridized carbons (Fsp3) is 0.259. The van der Waals surface area contributed by atoms with Gasteiger partial charge in [-0.05, 0) is 61.4 Å². The third-order valence-electron chi connectivity index (χ3n) is 5.68. The molecule has 35 heavy (non-hydrogen) atoms. The number of carbonyl (C=O) groups is 3. The summed E-state index contributed by atoms with van der Waals surface area (Å²) in [5.41, 5.74) is 2.85. The molecule has 1 atom stereocenters. The van der Waals surface area contributed by atoms with E-state index in [2.05, 4.69) is 10.3 Å². The summed E-state index contributed by atoms with van der Waals surface area (Å²) < 4.78 is 5.57. The molecular weight excluding hydrogens is 444 g/mol. The lowest BCUT2D eigenvalue weighted by Gasteiger charge is -2.21. The molecule has 0 unspecified atom stereocenters. The van der Waals surface area contributed by atoms with Crippen LogP contribution in [-0.2, 0) is 16.1 Å². The average molecular weight is 473 g/mol. The van der Waals surface area contributed by atoms with E-state index in [1.54, 1.807) is 54.9 Å². The van der Waals surface area contributed by atoms with E-state index in [0.29, 0.717) is 18.0 Å². The molecule has 1 aliphatic rings. The van der Waals surface area contributed by atoms with Gasteiger partial charge in [-0.25, -0.2) is 9.69 Å². The number of aryl methyl sites for hydroxylation is 1. The summed E-state index contributed by atoms with van der Waals surface area (Å²) in [5.74, 6) is -0.0701. The van der Waals surface area contributed by atoms with E-state index in [9.17, 15) is 14.4 Å². The zero-order chi connectivity index (χ0) is 24.8. The molecule has 0 aliphatic carbocycles. The summed E-state index contributed by atoms with van der Waals surface area (Å²) in [6, 6.07) is 16.4. The number of nitrogens with zero attached hydrogens (tertiary/aromatic N) is 3. The standard InChI is InChI=1S/C27H28N4O4/c1-3-15-35-23-12-8-21(9-13-23)29-25(32)16-24-26(33)31(22-10-6-19(2)7-11-22)27(34)30(24)18-20-5-4-14-28-17-20/h4-14,17,24H,3,15-16,18H2,1-2H3,(H,29,32)/t24-/m1/s1. The second-order valence-electron chi connectivity index (χ2n) is 8.42. The molecule has 1 N–H and O–H groups in total. The van der Waals surface area contributed by atoms with Crippen molar-refractivity contribution in [3.8, 4) is 5.75 Å². The van der Waals surface area contributed by atoms with Crippen LogP contribution in [0.5, 0.6) is 5.75 Å². The molecule has 4 amide bonds. The van der Waals surface area contributed by atoms with Crippen LogP contribution in [-0.4, -0.2) is 40.4 Å². The van der Waals surface area contributed by atoms with Gasteiger partial charge in [-0.1, -0.05) is 30.7 Å². The molecule has 3 aromatic rings. The number of rotatable bonds is 9. The summed E-state index contributed by atoms with van der Waals surface area (Å²) in [4.78, 5) is 46.3. The largest absolute Gasteiger partial charge is 0.494 e. The Hall–Kier alpha value is -4.20. The van der Waals surface area contributed by atoms with Gasteiger partial charge in [-0.15, -0.1) is 0 Å². The molecule has 0 radical (unpaired) electrons. The van der Waals surface area contributed by atoms with Crippen LogP contribution in [0.4, 0.5) is 16.2 Å². The lowest BCUT2D eigenvalue weighted by atomic mass is 10.1. The highest BCUT2D eigenvalue weighted by Gasteiger charge is 2.46. The Bertz CT molecular complexity index is 1180. The summed E-state index contributed by atoms with van der Waals surface area (Å²) in [6.07, 6.45) is 4.03. The van der Waals surface area contributed by atoms with Crippen LogP contribution in [0.15, 0.2) is 73.1 Å². The summed E-state index contributed by atoms with van der Waals surface area (Å²) in [6.45, 7) is 4.75. The first-order valence-electron chi connectivity index (χ1n) is 11.6. The molecule has 2 aromatic carbocycles. The maximum atomic E-state index is 13.4. The first-order valence-corrected chi connectivity index (χ1v) is 11.6. The molecule has 8 heteroatoms. The number of aromatic nitrogens is 1. The van der Waals surface area contributed by atoms with Gasteiger partial charge in [0.1, 0.15) is 11.8 Å². The Morgan fingerprint density at radius 3 is 2.46 bits per heavy atom. The normalized spacial score (nSPS) is 15.4. The van der Waals surface area contributed by atoms with E-state index in [-0.39, 0.29) is 18.9 Å². The molecular formula is C27H28N4O4. The van der Waals surface area contributed by atoms with Crippen LogP contribution in [0.1, 0.15) is 30.9 Å². The van der Waals surface area contributed by atoms with Crippen LogP contribution in [0.3, 0.4) is 0 Å². The first kappa shape index (κ1) is 23.9. The Kier molecular flexibility index (Phi) is 7.40. The average Bonchev–Trinajstić information content (AvgIpc) is 3.08. The molecule has 1 aromatic heterocycles. The number of pyridine rings is 1. The fourth-order valence-corrected chi connectivity index (χ4v) is 3.88. The lowest BCUT2D eigenvalue weighted by molar-refractivity contribution is -0.124. The van der Waals surface area contributed by atoms with Crippen molar-refractivity contribution in [3.05, 3.63) is 84.2 Å². The van der Waals surface area contributed by atoms with Crippen molar-refractivity contribution in [3.63, 3.8) is 0 Å². The van der Waals surface area contributed by atoms with Crippen molar-refractivity contribution in [2.24, 2.45) is 0 Å². The van der Waals surface area contributed by atoms with Crippen molar-refractivity contribution >= 4 is 29.2 Å². The van der Waals surface area contributed by atoms with Gasteiger partial charge < -0.3 is 15.0 Å². The van der Waals surface area contributed by atoms with Crippen LogP contribution in [0.25, 0.3) is 0 Å². The van der Waals surface area contributed by atoms with Gasteiger partial charge in [0.25, 0.3) is 5.91 Å². The van der Waals surface area contributed by atoms with Crippen LogP contribution in [0.2, 0.25) is 0 Å². The zero-order valence-corrected chi connectivity index (χ0v) is 19.8. The number of nitrogens with one attached hydrogen (secondary N) is 1. The highest BCUT2D eigenvalue weighted by Crippen LogP contribution is 2.29. The minimum atomic E-state index is -0.934. The molecule has 1 saturated heterocycles. The van der Waals surface area contributed by atoms with Crippen molar-refractivity contribution in [2.75, 3.05) is 16.8 Å². The third-order valence-corrected chi connectivity index (χ3v) is 5.68. The van der Waals surface area contributed by atoms with Gasteiger partial charge in [-0.2, -0.15) is 0 Å². The molecule has 0 spiro atoms. The monoisotopic (exact) mass is 472 g/mol. The van der Waals surface area contributed by atoms with Gasteiger partial charge in [0.2, 0.25) is 5.91 Å². The fourth-order valence-electron chi connectivity index (χ4n) is 3.88. The highest BCUT2D eigenvalue weighted by atomic mass is 16.5. The quantitative estimate of drug-likeness (QED) is 0.462. The SMILES string of the molecule is CCCOc1ccc(NC(=O)C[C@@H]2C(=O)N(c3ccc(C)cc3)C(=O)N2Cc2cccnc2)cc1. The Morgan fingerprint density at radius 1 is 1.06 bits per heavy atom. The van der Waals surface area contributed by atoms with Crippen LogP contribution >= 0.6 is 0 Å². The van der Waals surface area contributed by atoms with Gasteiger partial charge in [-0.3, -0.25) is 14.6 Å². The van der Waals surface area contributed by atoms with Gasteiger partial charge in [0.05, 0.1) is 18.7 Å². The highest BCUT2D eigenvalue weighted by molar-refractivity contribution is 6.22. The number of amides is 4. The van der Waals surface area contributed by atoms with E-state index >= 15 is 0 Å². The summed E-state index contributed by atoms with van der Waals surface area (Å²) in [7, 11) is 0. The maximum Gasteiger partial charge on any atom is 0.332 e. The number of hydrogen-bond acceptors (Lipinski definition) is 5. The van der Waals surface area contributed by atoms with E-state index in [4.69, 9.17) is 4.74 Å². The van der Waals surface area contributed by atoms with E-state index in [1.807, 2.05) is 32.0 Å². The molecule has 2 heterocycles. The number of imide groups is 1. The number of benzene rings is 2. The minimum Gasteiger partial charge on any atom is -0.494 e. The van der Waals surface area contributed by atoms with Gasteiger partial charge in [0.15, 0.2) is 0 Å². The Balaban J connectivity index is 1.52. The maximum absolute atomic E-state index is 13.4. The molecule has 180 valence electrons. The second-order valence-corrected chi connectivity index (χ2v) is 8.42. The molecule has 0 saturated carbocycles. The molecule has 8 nitrogen and oxygen atoms in total. The first-order chi connectivity index (χ1) is 17.0. The lowest BCUT2D eigenvalue weighted by Crippen LogP contribution is -2.37. The molecule has 1 fully saturated rings. The van der Waals surface area contributed by atoms with E-state index in [1.165, 1.54) is 4.90 Å². The summed E-state index contributed by atoms with van der Waals surface area (Å²) >= 11 is 0. The Morgan fingerprint density at radius 2 is 1.80 bits per heavy atom. The van der Waals surface area contributed by atoms with Gasteiger partial charge >= 0.3 is 6.03 Å². The minimum absolute atomic E-state index is 0.165. The van der Waals surface area contributed by atoms with Crippen molar-refractivity contribution < 1.29 is 19.1 Å². The van der Waals surface area contributed by atoms with Crippen LogP contribution in [0, 0.1) is 6.92 Å². The summed E-state index contributed by atoms with van der Waals surface area (Å²) in [5, 5.41) is 2.82. The number of carbonyl (C=O) groups excluding carboxylic acids is 3. The molecule has 4 rings (SSSR count). The predicted octanol–water partition coefficient (Wildman–Crippen LogP) is 4.55.